The molecule has 3 unspecified atom stereocenters. The Hall–Kier alpha value is -1.35. The van der Waals surface area contributed by atoms with Crippen LogP contribution in [-0.4, -0.2) is 29.4 Å². The third-order valence-electron chi connectivity index (χ3n) is 4.01. The van der Waals surface area contributed by atoms with E-state index in [0.717, 1.165) is 25.8 Å². The number of rotatable bonds is 3. The van der Waals surface area contributed by atoms with Gasteiger partial charge >= 0.3 is 0 Å². The number of amides is 1. The molecule has 1 amide bonds. The Morgan fingerprint density at radius 1 is 1.42 bits per heavy atom. The highest BCUT2D eigenvalue weighted by molar-refractivity contribution is 5.79. The van der Waals surface area contributed by atoms with Gasteiger partial charge in [-0.1, -0.05) is 37.3 Å². The van der Waals surface area contributed by atoms with Gasteiger partial charge in [0.25, 0.3) is 0 Å². The molecule has 3 nitrogen and oxygen atoms in total. The molecule has 2 N–H and O–H groups in total. The Labute approximate surface area is 115 Å². The zero-order chi connectivity index (χ0) is 13.8. The van der Waals surface area contributed by atoms with Gasteiger partial charge in [-0.2, -0.15) is 0 Å². The van der Waals surface area contributed by atoms with E-state index in [-0.39, 0.29) is 23.9 Å². The van der Waals surface area contributed by atoms with E-state index in [1.165, 1.54) is 5.56 Å². The highest BCUT2D eigenvalue weighted by Crippen LogP contribution is 2.20. The summed E-state index contributed by atoms with van der Waals surface area (Å²) < 4.78 is 0. The zero-order valence-electron chi connectivity index (χ0n) is 11.9. The average molecular weight is 260 g/mol. The molecule has 1 heterocycles. The van der Waals surface area contributed by atoms with Crippen molar-refractivity contribution in [2.24, 2.45) is 11.7 Å². The second kappa shape index (κ2) is 6.20. The van der Waals surface area contributed by atoms with Crippen molar-refractivity contribution in [1.29, 1.82) is 0 Å². The van der Waals surface area contributed by atoms with Gasteiger partial charge in [-0.05, 0) is 31.7 Å². The van der Waals surface area contributed by atoms with Gasteiger partial charge in [-0.15, -0.1) is 0 Å². The van der Waals surface area contributed by atoms with Crippen molar-refractivity contribution < 1.29 is 4.79 Å². The topological polar surface area (TPSA) is 46.3 Å². The Morgan fingerprint density at radius 3 is 2.74 bits per heavy atom. The molecular formula is C16H24N2O. The first-order valence-electron chi connectivity index (χ1n) is 7.18. The summed E-state index contributed by atoms with van der Waals surface area (Å²) in [5, 5.41) is 0. The van der Waals surface area contributed by atoms with Gasteiger partial charge in [-0.25, -0.2) is 0 Å². The molecule has 1 fully saturated rings. The summed E-state index contributed by atoms with van der Waals surface area (Å²) in [6.45, 7) is 4.93. The standard InChI is InChI=1S/C16H24N2O/c1-12(10-14-6-4-3-5-7-14)16(19)18-9-8-15(17)11-13(18)2/h3-7,12-13,15H,8-11,17H2,1-2H3. The Kier molecular flexibility index (Phi) is 4.59. The van der Waals surface area contributed by atoms with Crippen LogP contribution in [0.1, 0.15) is 32.3 Å². The van der Waals surface area contributed by atoms with Crippen LogP contribution in [0.2, 0.25) is 0 Å². The monoisotopic (exact) mass is 260 g/mol. The predicted molar refractivity (Wildman–Crippen MR) is 77.7 cm³/mol. The van der Waals surface area contributed by atoms with Crippen LogP contribution < -0.4 is 5.73 Å². The van der Waals surface area contributed by atoms with Crippen LogP contribution in [-0.2, 0) is 11.2 Å². The molecule has 0 saturated carbocycles. The lowest BCUT2D eigenvalue weighted by Crippen LogP contribution is -2.50. The lowest BCUT2D eigenvalue weighted by molar-refractivity contribution is -0.138. The SMILES string of the molecule is CC(Cc1ccccc1)C(=O)N1CCC(N)CC1C. The minimum Gasteiger partial charge on any atom is -0.340 e. The lowest BCUT2D eigenvalue weighted by Gasteiger charge is -2.38. The lowest BCUT2D eigenvalue weighted by atomic mass is 9.94. The summed E-state index contributed by atoms with van der Waals surface area (Å²) in [7, 11) is 0. The Balaban J connectivity index is 1.95. The molecule has 0 radical (unpaired) electrons. The van der Waals surface area contributed by atoms with Crippen molar-refractivity contribution in [3.05, 3.63) is 35.9 Å². The van der Waals surface area contributed by atoms with Crippen molar-refractivity contribution in [1.82, 2.24) is 4.90 Å². The number of piperidine rings is 1. The smallest absolute Gasteiger partial charge is 0.225 e. The van der Waals surface area contributed by atoms with Crippen LogP contribution in [0.5, 0.6) is 0 Å². The van der Waals surface area contributed by atoms with E-state index in [4.69, 9.17) is 5.73 Å². The van der Waals surface area contributed by atoms with Gasteiger partial charge in [0.15, 0.2) is 0 Å². The van der Waals surface area contributed by atoms with E-state index in [2.05, 4.69) is 19.1 Å². The molecular weight excluding hydrogens is 236 g/mol. The van der Waals surface area contributed by atoms with Gasteiger partial charge in [0.1, 0.15) is 0 Å². The Morgan fingerprint density at radius 2 is 2.11 bits per heavy atom. The first-order chi connectivity index (χ1) is 9.08. The van der Waals surface area contributed by atoms with Crippen LogP contribution in [0.4, 0.5) is 0 Å². The number of likely N-dealkylation sites (tertiary alicyclic amines) is 1. The maximum Gasteiger partial charge on any atom is 0.225 e. The summed E-state index contributed by atoms with van der Waals surface area (Å²) in [6.07, 6.45) is 2.66. The summed E-state index contributed by atoms with van der Waals surface area (Å²) in [5.41, 5.74) is 7.18. The Bertz CT molecular complexity index is 418. The van der Waals surface area contributed by atoms with Crippen molar-refractivity contribution in [3.8, 4) is 0 Å². The molecule has 2 rings (SSSR count). The number of benzene rings is 1. The first kappa shape index (κ1) is 14.1. The number of nitrogens with two attached hydrogens (primary N) is 1. The predicted octanol–water partition coefficient (Wildman–Crippen LogP) is 2.20. The van der Waals surface area contributed by atoms with Crippen LogP contribution in [0.25, 0.3) is 0 Å². The zero-order valence-corrected chi connectivity index (χ0v) is 11.9. The van der Waals surface area contributed by atoms with Gasteiger partial charge in [0.2, 0.25) is 5.91 Å². The highest BCUT2D eigenvalue weighted by Gasteiger charge is 2.29. The van der Waals surface area contributed by atoms with Gasteiger partial charge in [0.05, 0.1) is 0 Å². The van der Waals surface area contributed by atoms with Crippen molar-refractivity contribution in [2.75, 3.05) is 6.54 Å². The van der Waals surface area contributed by atoms with Crippen LogP contribution in [0.3, 0.4) is 0 Å². The maximum absolute atomic E-state index is 12.5. The van der Waals surface area contributed by atoms with E-state index < -0.39 is 0 Å². The van der Waals surface area contributed by atoms with Crippen molar-refractivity contribution in [3.63, 3.8) is 0 Å². The van der Waals surface area contributed by atoms with Crippen LogP contribution in [0, 0.1) is 5.92 Å². The number of carbonyl (C=O) groups excluding carboxylic acids is 1. The number of carbonyl (C=O) groups is 1. The molecule has 3 atom stereocenters. The van der Waals surface area contributed by atoms with E-state index >= 15 is 0 Å². The van der Waals surface area contributed by atoms with Crippen LogP contribution in [0.15, 0.2) is 30.3 Å². The molecule has 1 aliphatic rings. The molecule has 1 aromatic carbocycles. The largest absolute Gasteiger partial charge is 0.340 e. The fourth-order valence-electron chi connectivity index (χ4n) is 2.87. The fourth-order valence-corrected chi connectivity index (χ4v) is 2.87. The fraction of sp³-hybridized carbons (Fsp3) is 0.562. The minimum atomic E-state index is 0.0409. The van der Waals surface area contributed by atoms with Crippen molar-refractivity contribution in [2.45, 2.75) is 45.2 Å². The molecule has 1 saturated heterocycles. The molecule has 1 aromatic rings. The first-order valence-corrected chi connectivity index (χ1v) is 7.18. The summed E-state index contributed by atoms with van der Waals surface area (Å²) in [5.74, 6) is 0.308. The summed E-state index contributed by atoms with van der Waals surface area (Å²) in [6, 6.07) is 10.7. The summed E-state index contributed by atoms with van der Waals surface area (Å²) in [4.78, 5) is 14.5. The van der Waals surface area contributed by atoms with Crippen LogP contribution >= 0.6 is 0 Å². The van der Waals surface area contributed by atoms with E-state index in [9.17, 15) is 4.79 Å². The number of hydrogen-bond donors (Lipinski definition) is 1. The maximum atomic E-state index is 12.5. The quantitative estimate of drug-likeness (QED) is 0.905. The average Bonchev–Trinajstić information content (AvgIpc) is 2.39. The third-order valence-corrected chi connectivity index (χ3v) is 4.01. The summed E-state index contributed by atoms with van der Waals surface area (Å²) >= 11 is 0. The molecule has 0 aliphatic carbocycles. The van der Waals surface area contributed by atoms with Gasteiger partial charge < -0.3 is 10.6 Å². The van der Waals surface area contributed by atoms with Gasteiger partial charge in [0, 0.05) is 24.5 Å². The molecule has 0 spiro atoms. The normalized spacial score (nSPS) is 25.1. The number of hydrogen-bond acceptors (Lipinski definition) is 2. The second-order valence-corrected chi connectivity index (χ2v) is 5.76. The molecule has 104 valence electrons. The van der Waals surface area contributed by atoms with Crippen molar-refractivity contribution >= 4 is 5.91 Å². The van der Waals surface area contributed by atoms with E-state index in [1.54, 1.807) is 0 Å². The van der Waals surface area contributed by atoms with Gasteiger partial charge in [-0.3, -0.25) is 4.79 Å². The molecule has 0 bridgehead atoms. The molecule has 1 aliphatic heterocycles. The molecule has 0 aromatic heterocycles. The highest BCUT2D eigenvalue weighted by atomic mass is 16.2. The number of nitrogens with zero attached hydrogens (tertiary/aromatic N) is 1. The molecule has 3 heteroatoms. The molecule has 19 heavy (non-hydrogen) atoms. The second-order valence-electron chi connectivity index (χ2n) is 5.76. The van der Waals surface area contributed by atoms with E-state index in [1.807, 2.05) is 30.0 Å². The third kappa shape index (κ3) is 3.57. The van der Waals surface area contributed by atoms with E-state index in [0.29, 0.717) is 0 Å². The minimum absolute atomic E-state index is 0.0409.